The maximum absolute atomic E-state index is 12.1. The Morgan fingerprint density at radius 2 is 1.87 bits per heavy atom. The molecule has 0 bridgehead atoms. The third kappa shape index (κ3) is 6.92. The van der Waals surface area contributed by atoms with Crippen LogP contribution in [0.15, 0.2) is 40.8 Å². The van der Waals surface area contributed by atoms with Crippen LogP contribution in [0, 0.1) is 6.92 Å². The fourth-order valence-corrected chi connectivity index (χ4v) is 4.28. The summed E-state index contributed by atoms with van der Waals surface area (Å²) >= 11 is 1.36. The molecule has 2 aromatic rings. The van der Waals surface area contributed by atoms with Crippen molar-refractivity contribution in [1.29, 1.82) is 0 Å². The van der Waals surface area contributed by atoms with Crippen LogP contribution in [-0.4, -0.2) is 61.5 Å². The Hall–Kier alpha value is -1.72. The highest BCUT2D eigenvalue weighted by atomic mass is 127. The van der Waals surface area contributed by atoms with Crippen LogP contribution in [0.25, 0.3) is 0 Å². The maximum Gasteiger partial charge on any atom is 0.263 e. The lowest BCUT2D eigenvalue weighted by Gasteiger charge is -2.29. The van der Waals surface area contributed by atoms with Crippen molar-refractivity contribution in [2.24, 2.45) is 4.99 Å². The van der Waals surface area contributed by atoms with Gasteiger partial charge in [0.15, 0.2) is 5.96 Å². The highest BCUT2D eigenvalue weighted by molar-refractivity contribution is 14.0. The third-order valence-electron chi connectivity index (χ3n) is 5.11. The number of likely N-dealkylation sites (tertiary alicyclic amines) is 1. The quantitative estimate of drug-likeness (QED) is 0.207. The van der Waals surface area contributed by atoms with Gasteiger partial charge in [-0.3, -0.25) is 14.7 Å². The van der Waals surface area contributed by atoms with Crippen LogP contribution in [0.4, 0.5) is 0 Å². The number of rotatable bonds is 8. The van der Waals surface area contributed by atoms with Gasteiger partial charge in [0, 0.05) is 26.7 Å². The molecule has 1 aromatic carbocycles. The first-order chi connectivity index (χ1) is 14.2. The van der Waals surface area contributed by atoms with E-state index in [4.69, 9.17) is 0 Å². The Morgan fingerprint density at radius 1 is 1.17 bits per heavy atom. The number of hydrogen-bond donors (Lipinski definition) is 3. The number of nitrogens with one attached hydrogen (secondary N) is 3. The van der Waals surface area contributed by atoms with E-state index in [1.807, 2.05) is 6.92 Å². The average molecular weight is 542 g/mol. The molecule has 0 radical (unpaired) electrons. The summed E-state index contributed by atoms with van der Waals surface area (Å²) in [5.74, 6) is 0.668. The summed E-state index contributed by atoms with van der Waals surface area (Å²) in [5.41, 5.74) is 3.79. The molecule has 1 aliphatic heterocycles. The van der Waals surface area contributed by atoms with E-state index in [-0.39, 0.29) is 29.9 Å². The van der Waals surface area contributed by atoms with Gasteiger partial charge >= 0.3 is 0 Å². The monoisotopic (exact) mass is 542 g/mol. The summed E-state index contributed by atoms with van der Waals surface area (Å²) in [6, 6.07) is 11.0. The lowest BCUT2D eigenvalue weighted by Crippen LogP contribution is -2.44. The number of amides is 1. The van der Waals surface area contributed by atoms with Crippen molar-refractivity contribution in [3.05, 3.63) is 52.0 Å². The van der Waals surface area contributed by atoms with Gasteiger partial charge in [-0.05, 0) is 38.4 Å². The number of hydrogen-bond acceptors (Lipinski definition) is 5. The minimum Gasteiger partial charge on any atom is -0.355 e. The highest BCUT2D eigenvalue weighted by Crippen LogP contribution is 2.24. The number of halogens is 1. The van der Waals surface area contributed by atoms with E-state index < -0.39 is 0 Å². The van der Waals surface area contributed by atoms with E-state index in [9.17, 15) is 4.79 Å². The zero-order valence-electron chi connectivity index (χ0n) is 17.6. The van der Waals surface area contributed by atoms with Gasteiger partial charge in [-0.1, -0.05) is 30.3 Å². The van der Waals surface area contributed by atoms with Crippen LogP contribution in [0.2, 0.25) is 0 Å². The van der Waals surface area contributed by atoms with Crippen molar-refractivity contribution in [3.8, 4) is 0 Å². The van der Waals surface area contributed by atoms with Crippen LogP contribution >= 0.6 is 35.3 Å². The van der Waals surface area contributed by atoms with E-state index in [1.165, 1.54) is 29.7 Å². The molecule has 1 atom stereocenters. The molecule has 30 heavy (non-hydrogen) atoms. The van der Waals surface area contributed by atoms with Crippen LogP contribution < -0.4 is 16.0 Å². The fourth-order valence-electron chi connectivity index (χ4n) is 3.56. The number of aromatic nitrogens is 1. The van der Waals surface area contributed by atoms with Crippen LogP contribution in [0.3, 0.4) is 0 Å². The Morgan fingerprint density at radius 3 is 2.50 bits per heavy atom. The molecule has 3 rings (SSSR count). The Bertz CT molecular complexity index is 807. The number of benzene rings is 1. The standard InChI is InChI=1S/C21H30N6OS.HI/c1-16-19(29-15-26-16)20(28)23-10-11-24-21(22-2)25-14-18(27-12-6-7-13-27)17-8-4-3-5-9-17;/h3-5,8-9,15,18H,6-7,10-14H2,1-2H3,(H,23,28)(H2,22,24,25);1H. The van der Waals surface area contributed by atoms with Crippen molar-refractivity contribution in [3.63, 3.8) is 0 Å². The predicted octanol–water partition coefficient (Wildman–Crippen LogP) is 2.80. The first kappa shape index (κ1) is 24.5. The van der Waals surface area contributed by atoms with Gasteiger partial charge in [-0.15, -0.1) is 35.3 Å². The lowest BCUT2D eigenvalue weighted by molar-refractivity contribution is 0.0957. The smallest absolute Gasteiger partial charge is 0.263 e. The number of carbonyl (C=O) groups is 1. The molecule has 1 aromatic heterocycles. The Balaban J connectivity index is 0.00000320. The molecule has 2 heterocycles. The molecule has 1 aliphatic rings. The second-order valence-corrected chi connectivity index (χ2v) is 7.93. The van der Waals surface area contributed by atoms with Crippen molar-refractivity contribution in [1.82, 2.24) is 25.8 Å². The molecule has 0 aliphatic carbocycles. The van der Waals surface area contributed by atoms with E-state index in [1.54, 1.807) is 12.6 Å². The number of aliphatic imine (C=N–C) groups is 1. The largest absolute Gasteiger partial charge is 0.355 e. The minimum absolute atomic E-state index is 0. The number of nitrogens with zero attached hydrogens (tertiary/aromatic N) is 3. The van der Waals surface area contributed by atoms with Gasteiger partial charge < -0.3 is 16.0 Å². The molecule has 0 spiro atoms. The molecule has 3 N–H and O–H groups in total. The third-order valence-corrected chi connectivity index (χ3v) is 6.03. The van der Waals surface area contributed by atoms with Crippen LogP contribution in [0.5, 0.6) is 0 Å². The van der Waals surface area contributed by atoms with E-state index >= 15 is 0 Å². The van der Waals surface area contributed by atoms with Crippen molar-refractivity contribution >= 4 is 47.2 Å². The van der Waals surface area contributed by atoms with Crippen molar-refractivity contribution in [2.45, 2.75) is 25.8 Å². The lowest BCUT2D eigenvalue weighted by atomic mass is 10.1. The van der Waals surface area contributed by atoms with Gasteiger partial charge in [0.2, 0.25) is 0 Å². The number of thiazole rings is 1. The van der Waals surface area contributed by atoms with E-state index in [2.05, 4.69) is 61.2 Å². The molecule has 164 valence electrons. The van der Waals surface area contributed by atoms with Gasteiger partial charge in [-0.25, -0.2) is 4.98 Å². The molecule has 1 fully saturated rings. The Kier molecular flexibility index (Phi) is 10.5. The topological polar surface area (TPSA) is 81.6 Å². The molecule has 1 amide bonds. The number of guanidine groups is 1. The van der Waals surface area contributed by atoms with Crippen molar-refractivity contribution < 1.29 is 4.79 Å². The first-order valence-electron chi connectivity index (χ1n) is 10.1. The maximum atomic E-state index is 12.1. The normalized spacial score (nSPS) is 15.3. The number of carbonyl (C=O) groups excluding carboxylic acids is 1. The Labute approximate surface area is 199 Å². The van der Waals surface area contributed by atoms with E-state index in [0.717, 1.165) is 31.3 Å². The van der Waals surface area contributed by atoms with Crippen LogP contribution in [0.1, 0.15) is 39.8 Å². The average Bonchev–Trinajstić information content (AvgIpc) is 3.42. The zero-order valence-corrected chi connectivity index (χ0v) is 20.7. The first-order valence-corrected chi connectivity index (χ1v) is 11.0. The predicted molar refractivity (Wildman–Crippen MR) is 134 cm³/mol. The summed E-state index contributed by atoms with van der Waals surface area (Å²) in [7, 11) is 1.77. The van der Waals surface area contributed by atoms with Crippen molar-refractivity contribution in [2.75, 3.05) is 39.8 Å². The molecule has 9 heteroatoms. The summed E-state index contributed by atoms with van der Waals surface area (Å²) in [6.45, 7) is 6.02. The van der Waals surface area contributed by atoms with Gasteiger partial charge in [0.05, 0.1) is 17.2 Å². The molecular formula is C21H31IN6OS. The molecule has 0 saturated carbocycles. The second-order valence-electron chi connectivity index (χ2n) is 7.07. The van der Waals surface area contributed by atoms with Gasteiger partial charge in [0.1, 0.15) is 4.88 Å². The fraction of sp³-hybridized carbons (Fsp3) is 0.476. The van der Waals surface area contributed by atoms with Crippen LogP contribution in [-0.2, 0) is 0 Å². The molecular weight excluding hydrogens is 511 g/mol. The summed E-state index contributed by atoms with van der Waals surface area (Å²) in [4.78, 5) is 23.8. The number of aryl methyl sites for hydroxylation is 1. The highest BCUT2D eigenvalue weighted by Gasteiger charge is 2.23. The molecule has 1 saturated heterocycles. The molecule has 7 nitrogen and oxygen atoms in total. The zero-order chi connectivity index (χ0) is 20.5. The van der Waals surface area contributed by atoms with Gasteiger partial charge in [-0.2, -0.15) is 0 Å². The SMILES string of the molecule is CN=C(NCCNC(=O)c1scnc1C)NCC(c1ccccc1)N1CCCC1.I. The summed E-state index contributed by atoms with van der Waals surface area (Å²) in [6.07, 6.45) is 2.52. The van der Waals surface area contributed by atoms with E-state index in [0.29, 0.717) is 24.0 Å². The minimum atomic E-state index is -0.0760. The summed E-state index contributed by atoms with van der Waals surface area (Å²) in [5, 5.41) is 9.64. The second kappa shape index (κ2) is 12.9. The van der Waals surface area contributed by atoms with Gasteiger partial charge in [0.25, 0.3) is 5.91 Å². The molecule has 1 unspecified atom stereocenters. The summed E-state index contributed by atoms with van der Waals surface area (Å²) < 4.78 is 0.